The van der Waals surface area contributed by atoms with Gasteiger partial charge >= 0.3 is 6.18 Å². The Morgan fingerprint density at radius 2 is 2.13 bits per heavy atom. The topological polar surface area (TPSA) is 62.1 Å². The number of likely N-dealkylation sites (N-methyl/N-ethyl adjacent to an activating group) is 1. The van der Waals surface area contributed by atoms with Crippen molar-refractivity contribution in [2.45, 2.75) is 31.6 Å². The Labute approximate surface area is 176 Å². The van der Waals surface area contributed by atoms with Gasteiger partial charge in [0.2, 0.25) is 0 Å². The Hall–Kier alpha value is -2.77. The van der Waals surface area contributed by atoms with E-state index in [1.165, 1.54) is 11.6 Å². The Morgan fingerprint density at radius 1 is 1.37 bits per heavy atom. The van der Waals surface area contributed by atoms with E-state index in [0.717, 1.165) is 29.8 Å². The molecule has 1 aliphatic rings. The molecule has 0 radical (unpaired) electrons. The van der Waals surface area contributed by atoms with Gasteiger partial charge in [-0.25, -0.2) is 0 Å². The van der Waals surface area contributed by atoms with Gasteiger partial charge in [-0.1, -0.05) is 36.4 Å². The molecule has 0 bridgehead atoms. The fourth-order valence-electron chi connectivity index (χ4n) is 3.10. The van der Waals surface area contributed by atoms with Crippen LogP contribution in [0.2, 0.25) is 0 Å². The van der Waals surface area contributed by atoms with E-state index < -0.39 is 11.7 Å². The van der Waals surface area contributed by atoms with Crippen LogP contribution < -0.4 is 21.7 Å². The van der Waals surface area contributed by atoms with E-state index in [1.807, 2.05) is 13.1 Å². The number of halogens is 3. The van der Waals surface area contributed by atoms with Crippen LogP contribution in [0.3, 0.4) is 0 Å². The molecule has 0 aromatic heterocycles. The summed E-state index contributed by atoms with van der Waals surface area (Å²) < 4.78 is 38.5. The summed E-state index contributed by atoms with van der Waals surface area (Å²) >= 11 is 0. The monoisotopic (exact) mass is 418 g/mol. The quantitative estimate of drug-likeness (QED) is 0.447. The van der Waals surface area contributed by atoms with Crippen LogP contribution in [-0.4, -0.2) is 25.7 Å². The molecule has 1 aromatic carbocycles. The first-order valence-corrected chi connectivity index (χ1v) is 9.72. The van der Waals surface area contributed by atoms with Crippen molar-refractivity contribution in [2.24, 2.45) is 5.73 Å². The van der Waals surface area contributed by atoms with Crippen molar-refractivity contribution in [3.63, 3.8) is 0 Å². The second kappa shape index (κ2) is 10.8. The number of nitrogens with one attached hydrogen (secondary N) is 3. The summed E-state index contributed by atoms with van der Waals surface area (Å²) in [5.41, 5.74) is 8.26. The summed E-state index contributed by atoms with van der Waals surface area (Å²) in [5, 5.41) is 9.57. The minimum Gasteiger partial charge on any atom is -0.380 e. The lowest BCUT2D eigenvalue weighted by atomic mass is 10.0. The van der Waals surface area contributed by atoms with Gasteiger partial charge in [-0.2, -0.15) is 13.2 Å². The third kappa shape index (κ3) is 6.93. The molecule has 0 saturated carbocycles. The Kier molecular flexibility index (Phi) is 8.50. The maximum atomic E-state index is 12.8. The number of nitrogens with two attached hydrogens (primary N) is 1. The first-order chi connectivity index (χ1) is 14.2. The van der Waals surface area contributed by atoms with Crippen LogP contribution in [0.15, 0.2) is 84.3 Å². The molecule has 0 saturated heterocycles. The molecule has 1 aromatic rings. The van der Waals surface area contributed by atoms with Crippen molar-refractivity contribution in [2.75, 3.05) is 18.9 Å². The van der Waals surface area contributed by atoms with Gasteiger partial charge in [-0.05, 0) is 56.3 Å². The van der Waals surface area contributed by atoms with Crippen molar-refractivity contribution in [3.8, 4) is 0 Å². The number of anilines is 1. The summed E-state index contributed by atoms with van der Waals surface area (Å²) in [7, 11) is 1.82. The van der Waals surface area contributed by atoms with Crippen molar-refractivity contribution in [1.82, 2.24) is 10.6 Å². The molecule has 1 aliphatic carbocycles. The number of alkyl halides is 3. The largest absolute Gasteiger partial charge is 0.416 e. The van der Waals surface area contributed by atoms with E-state index in [9.17, 15) is 13.2 Å². The van der Waals surface area contributed by atoms with Crippen LogP contribution in [0, 0.1) is 0 Å². The summed E-state index contributed by atoms with van der Waals surface area (Å²) in [6.45, 7) is 6.53. The lowest BCUT2D eigenvalue weighted by molar-refractivity contribution is -0.137. The van der Waals surface area contributed by atoms with Gasteiger partial charge in [0.1, 0.15) is 0 Å². The lowest BCUT2D eigenvalue weighted by Gasteiger charge is -2.27. The fraction of sp³-hybridized carbons (Fsp3) is 0.304. The zero-order valence-electron chi connectivity index (χ0n) is 17.3. The smallest absolute Gasteiger partial charge is 0.380 e. The zero-order chi connectivity index (χ0) is 22.1. The maximum absolute atomic E-state index is 12.8. The van der Waals surface area contributed by atoms with E-state index in [-0.39, 0.29) is 12.1 Å². The average molecular weight is 419 g/mol. The lowest BCUT2D eigenvalue weighted by Crippen LogP contribution is -2.40. The third-order valence-corrected chi connectivity index (χ3v) is 4.68. The van der Waals surface area contributed by atoms with E-state index in [4.69, 9.17) is 5.73 Å². The number of hydrogen-bond acceptors (Lipinski definition) is 4. The van der Waals surface area contributed by atoms with Crippen molar-refractivity contribution in [3.05, 3.63) is 89.8 Å². The minimum absolute atomic E-state index is 0.155. The number of rotatable bonds is 9. The minimum atomic E-state index is -4.38. The summed E-state index contributed by atoms with van der Waals surface area (Å²) in [6.07, 6.45) is 8.06. The molecule has 162 valence electrons. The van der Waals surface area contributed by atoms with Crippen LogP contribution in [0.5, 0.6) is 0 Å². The van der Waals surface area contributed by atoms with E-state index in [1.54, 1.807) is 18.3 Å². The molecule has 2 unspecified atom stereocenters. The molecular weight excluding hydrogens is 389 g/mol. The first-order valence-electron chi connectivity index (χ1n) is 9.72. The van der Waals surface area contributed by atoms with Crippen LogP contribution >= 0.6 is 0 Å². The molecule has 0 fully saturated rings. The van der Waals surface area contributed by atoms with Crippen LogP contribution in [-0.2, 0) is 6.18 Å². The number of benzene rings is 1. The maximum Gasteiger partial charge on any atom is 0.416 e. The molecular formula is C23H29F3N4. The summed E-state index contributed by atoms with van der Waals surface area (Å²) in [4.78, 5) is 0. The van der Waals surface area contributed by atoms with Gasteiger partial charge in [-0.3, -0.25) is 0 Å². The van der Waals surface area contributed by atoms with E-state index >= 15 is 0 Å². The normalized spacial score (nSPS) is 18.3. The van der Waals surface area contributed by atoms with Gasteiger partial charge < -0.3 is 21.7 Å². The summed E-state index contributed by atoms with van der Waals surface area (Å²) in [5.74, 6) is 0. The highest BCUT2D eigenvalue weighted by Gasteiger charge is 2.30. The molecule has 7 heteroatoms. The highest BCUT2D eigenvalue weighted by Crippen LogP contribution is 2.30. The average Bonchev–Trinajstić information content (AvgIpc) is 2.70. The fourth-order valence-corrected chi connectivity index (χ4v) is 3.10. The van der Waals surface area contributed by atoms with Gasteiger partial charge in [0, 0.05) is 30.2 Å². The predicted molar refractivity (Wildman–Crippen MR) is 118 cm³/mol. The van der Waals surface area contributed by atoms with Crippen molar-refractivity contribution < 1.29 is 13.2 Å². The zero-order valence-corrected chi connectivity index (χ0v) is 17.3. The summed E-state index contributed by atoms with van der Waals surface area (Å²) in [6, 6.07) is 4.98. The Balaban J connectivity index is 2.05. The molecule has 4 nitrogen and oxygen atoms in total. The van der Waals surface area contributed by atoms with Crippen LogP contribution in [0.1, 0.15) is 18.9 Å². The molecule has 2 rings (SSSR count). The second-order valence-corrected chi connectivity index (χ2v) is 7.04. The van der Waals surface area contributed by atoms with E-state index in [2.05, 4.69) is 47.7 Å². The molecule has 30 heavy (non-hydrogen) atoms. The molecule has 5 N–H and O–H groups in total. The molecule has 0 spiro atoms. The number of allylic oxidation sites excluding steroid dienone is 2. The Bertz CT molecular complexity index is 850. The van der Waals surface area contributed by atoms with Crippen LogP contribution in [0.25, 0.3) is 0 Å². The highest BCUT2D eigenvalue weighted by molar-refractivity contribution is 5.49. The van der Waals surface area contributed by atoms with Gasteiger partial charge in [-0.15, -0.1) is 0 Å². The first kappa shape index (κ1) is 23.5. The van der Waals surface area contributed by atoms with Crippen molar-refractivity contribution in [1.29, 1.82) is 0 Å². The Morgan fingerprint density at radius 3 is 2.73 bits per heavy atom. The third-order valence-electron chi connectivity index (χ3n) is 4.68. The van der Waals surface area contributed by atoms with Gasteiger partial charge in [0.15, 0.2) is 0 Å². The SMILES string of the molecule is C=C(/C=C\Nc1cccc(C(F)(F)F)c1)C(NC)/C(=C/CN)NC1C=CC(C)=CC1. The predicted octanol–water partition coefficient (Wildman–Crippen LogP) is 4.48. The second-order valence-electron chi connectivity index (χ2n) is 7.04. The van der Waals surface area contributed by atoms with Crippen LogP contribution in [0.4, 0.5) is 18.9 Å². The molecule has 0 heterocycles. The number of hydrogen-bond donors (Lipinski definition) is 4. The van der Waals surface area contributed by atoms with Gasteiger partial charge in [0.05, 0.1) is 11.6 Å². The van der Waals surface area contributed by atoms with E-state index in [0.29, 0.717) is 12.2 Å². The molecule has 0 amide bonds. The van der Waals surface area contributed by atoms with Crippen molar-refractivity contribution >= 4 is 5.69 Å². The molecule has 2 atom stereocenters. The van der Waals surface area contributed by atoms with Gasteiger partial charge in [0.25, 0.3) is 0 Å². The highest BCUT2D eigenvalue weighted by atomic mass is 19.4. The standard InChI is InChI=1S/C23H29F3N4/c1-16-7-9-19(10-8-16)30-21(11-13-27)22(28-3)17(2)12-14-29-20-6-4-5-18(15-20)23(24,25)26/h4-9,11-12,14-15,19,22,28-30H,2,10,13,27H2,1,3H3/b14-12-,21-11-. The molecule has 0 aliphatic heterocycles.